The van der Waals surface area contributed by atoms with Crippen LogP contribution in [-0.2, 0) is 16.6 Å². The Morgan fingerprint density at radius 2 is 2.15 bits per heavy atom. The number of rotatable bonds is 2. The second kappa shape index (κ2) is 5.15. The molecule has 2 heterocycles. The van der Waals surface area contributed by atoms with E-state index in [9.17, 15) is 15.0 Å². The van der Waals surface area contributed by atoms with E-state index >= 15 is 0 Å². The van der Waals surface area contributed by atoms with Gasteiger partial charge in [-0.25, -0.2) is 0 Å². The summed E-state index contributed by atoms with van der Waals surface area (Å²) in [5.74, 6) is 1.02. The van der Waals surface area contributed by atoms with Gasteiger partial charge >= 0.3 is 0 Å². The van der Waals surface area contributed by atoms with Gasteiger partial charge < -0.3 is 15.5 Å². The van der Waals surface area contributed by atoms with Crippen LogP contribution in [-0.4, -0.2) is 51.8 Å². The second-order valence-corrected chi connectivity index (χ2v) is 9.42. The number of benzene rings is 1. The first-order valence-corrected chi connectivity index (χ1v) is 10.3. The van der Waals surface area contributed by atoms with E-state index in [0.29, 0.717) is 6.42 Å². The molecule has 2 saturated carbocycles. The molecule has 3 aliphatic carbocycles. The fraction of sp³-hybridized carbons (Fsp3) is 0.591. The highest BCUT2D eigenvalue weighted by atomic mass is 16.3. The van der Waals surface area contributed by atoms with Gasteiger partial charge in [-0.1, -0.05) is 6.07 Å². The summed E-state index contributed by atoms with van der Waals surface area (Å²) in [5, 5.41) is 25.5. The highest BCUT2D eigenvalue weighted by molar-refractivity contribution is 5.92. The number of hydrogen-bond acceptors (Lipinski definition) is 4. The Labute approximate surface area is 159 Å². The number of amides is 1. The molecular formula is C22H26N2O3. The van der Waals surface area contributed by atoms with Gasteiger partial charge in [-0.2, -0.15) is 0 Å². The van der Waals surface area contributed by atoms with Crippen LogP contribution in [0.25, 0.3) is 0 Å². The molecule has 27 heavy (non-hydrogen) atoms. The van der Waals surface area contributed by atoms with Crippen LogP contribution >= 0.6 is 0 Å². The van der Waals surface area contributed by atoms with Crippen LogP contribution < -0.4 is 5.32 Å². The number of aliphatic hydroxyl groups is 1. The maximum Gasteiger partial charge on any atom is 0.244 e. The Morgan fingerprint density at radius 1 is 1.30 bits per heavy atom. The predicted octanol–water partition coefficient (Wildman–Crippen LogP) is 1.62. The number of nitrogens with one attached hydrogen (secondary N) is 1. The summed E-state index contributed by atoms with van der Waals surface area (Å²) in [7, 11) is 0. The fourth-order valence-electron chi connectivity index (χ4n) is 6.51. The highest BCUT2D eigenvalue weighted by Gasteiger charge is 2.66. The SMILES string of the molecule is O=C1C=C2C[C@@]3(O)[C@H]4Cc5ccc(O)cc5[C@@]3(CCN4CC3CC3)CC2N1. The van der Waals surface area contributed by atoms with E-state index in [0.717, 1.165) is 49.4 Å². The molecule has 2 bridgehead atoms. The van der Waals surface area contributed by atoms with Crippen LogP contribution in [0.15, 0.2) is 29.8 Å². The molecule has 5 aliphatic rings. The Kier molecular flexibility index (Phi) is 3.08. The Balaban J connectivity index is 1.51. The Bertz CT molecular complexity index is 876. The largest absolute Gasteiger partial charge is 0.508 e. The maximum atomic E-state index is 12.2. The summed E-state index contributed by atoms with van der Waals surface area (Å²) in [6.45, 7) is 2.06. The molecule has 4 atom stereocenters. The van der Waals surface area contributed by atoms with E-state index in [1.54, 1.807) is 12.1 Å². The van der Waals surface area contributed by atoms with Crippen molar-refractivity contribution in [2.24, 2.45) is 5.92 Å². The zero-order valence-electron chi connectivity index (χ0n) is 15.4. The van der Waals surface area contributed by atoms with E-state index in [4.69, 9.17) is 0 Å². The highest BCUT2D eigenvalue weighted by Crippen LogP contribution is 2.60. The van der Waals surface area contributed by atoms with Crippen molar-refractivity contribution >= 4 is 5.91 Å². The minimum atomic E-state index is -0.879. The lowest BCUT2D eigenvalue weighted by atomic mass is 9.48. The summed E-state index contributed by atoms with van der Waals surface area (Å²) in [6.07, 6.45) is 7.30. The van der Waals surface area contributed by atoms with E-state index in [2.05, 4.69) is 10.2 Å². The molecule has 5 heteroatoms. The van der Waals surface area contributed by atoms with Crippen LogP contribution in [0.4, 0.5) is 0 Å². The summed E-state index contributed by atoms with van der Waals surface area (Å²) in [4.78, 5) is 14.5. The summed E-state index contributed by atoms with van der Waals surface area (Å²) in [6, 6.07) is 5.78. The quantitative estimate of drug-likeness (QED) is 0.744. The number of carbonyl (C=O) groups excluding carboxylic acids is 1. The minimum absolute atomic E-state index is 0.0155. The predicted molar refractivity (Wildman–Crippen MR) is 100 cm³/mol. The number of fused-ring (bicyclic) bond motifs is 2. The van der Waals surface area contributed by atoms with Gasteiger partial charge in [-0.05, 0) is 73.4 Å². The van der Waals surface area contributed by atoms with Crippen molar-refractivity contribution in [3.05, 3.63) is 41.0 Å². The smallest absolute Gasteiger partial charge is 0.244 e. The molecule has 6 rings (SSSR count). The molecule has 3 N–H and O–H groups in total. The third-order valence-electron chi connectivity index (χ3n) is 7.97. The molecule has 142 valence electrons. The lowest BCUT2D eigenvalue weighted by Gasteiger charge is -2.64. The molecule has 1 aromatic rings. The molecule has 1 aromatic carbocycles. The van der Waals surface area contributed by atoms with Crippen LogP contribution in [0.5, 0.6) is 5.75 Å². The number of nitrogens with zero attached hydrogens (tertiary/aromatic N) is 1. The standard InChI is InChI=1S/C22H26N2O3/c25-16-4-3-14-7-19-22(27)10-15-8-20(26)23-18(15)11-21(22,17(14)9-16)5-6-24(19)12-13-1-2-13/h3-4,8-9,13,18-19,25,27H,1-2,5-7,10-12H2,(H,23,26)/t18?,19-,21-,22-/m1/s1. The van der Waals surface area contributed by atoms with Crippen molar-refractivity contribution in [2.75, 3.05) is 13.1 Å². The van der Waals surface area contributed by atoms with Crippen LogP contribution in [0.3, 0.4) is 0 Å². The zero-order valence-corrected chi connectivity index (χ0v) is 15.4. The summed E-state index contributed by atoms with van der Waals surface area (Å²) >= 11 is 0. The molecule has 2 aliphatic heterocycles. The third-order valence-corrected chi connectivity index (χ3v) is 7.97. The lowest BCUT2D eigenvalue weighted by Crippen LogP contribution is -2.74. The molecule has 3 fully saturated rings. The topological polar surface area (TPSA) is 72.8 Å². The number of phenolic OH excluding ortho intramolecular Hbond substituents is 1. The van der Waals surface area contributed by atoms with Crippen molar-refractivity contribution in [2.45, 2.75) is 61.6 Å². The molecule has 5 nitrogen and oxygen atoms in total. The maximum absolute atomic E-state index is 12.2. The average Bonchev–Trinajstić information content (AvgIpc) is 3.36. The van der Waals surface area contributed by atoms with Crippen molar-refractivity contribution in [1.29, 1.82) is 0 Å². The molecule has 0 aromatic heterocycles. The number of aromatic hydroxyl groups is 1. The third kappa shape index (κ3) is 2.10. The van der Waals surface area contributed by atoms with Crippen molar-refractivity contribution in [1.82, 2.24) is 10.2 Å². The van der Waals surface area contributed by atoms with Crippen LogP contribution in [0.2, 0.25) is 0 Å². The van der Waals surface area contributed by atoms with Crippen molar-refractivity contribution in [3.8, 4) is 5.75 Å². The molecule has 0 radical (unpaired) electrons. The van der Waals surface area contributed by atoms with E-state index in [1.165, 1.54) is 18.4 Å². The monoisotopic (exact) mass is 366 g/mol. The first-order chi connectivity index (χ1) is 13.0. The first kappa shape index (κ1) is 16.1. The Hall–Kier alpha value is -1.85. The lowest BCUT2D eigenvalue weighted by molar-refractivity contribution is -0.159. The second-order valence-electron chi connectivity index (χ2n) is 9.42. The van der Waals surface area contributed by atoms with Crippen LogP contribution in [0, 0.1) is 5.92 Å². The van der Waals surface area contributed by atoms with Gasteiger partial charge in [-0.3, -0.25) is 9.69 Å². The van der Waals surface area contributed by atoms with Gasteiger partial charge in [0.25, 0.3) is 0 Å². The molecule has 1 unspecified atom stereocenters. The van der Waals surface area contributed by atoms with Crippen molar-refractivity contribution < 1.29 is 15.0 Å². The summed E-state index contributed by atoms with van der Waals surface area (Å²) in [5.41, 5.74) is 2.13. The van der Waals surface area contributed by atoms with Gasteiger partial charge in [0.05, 0.1) is 11.6 Å². The number of piperidine rings is 1. The zero-order chi connectivity index (χ0) is 18.4. The van der Waals surface area contributed by atoms with Gasteiger partial charge in [0.1, 0.15) is 5.75 Å². The summed E-state index contributed by atoms with van der Waals surface area (Å²) < 4.78 is 0. The molecule has 0 spiro atoms. The Morgan fingerprint density at radius 3 is 2.96 bits per heavy atom. The van der Waals surface area contributed by atoms with E-state index in [1.807, 2.05) is 12.1 Å². The first-order valence-electron chi connectivity index (χ1n) is 10.3. The van der Waals surface area contributed by atoms with E-state index in [-0.39, 0.29) is 23.7 Å². The molecule has 1 amide bonds. The van der Waals surface area contributed by atoms with Crippen molar-refractivity contribution in [3.63, 3.8) is 0 Å². The number of likely N-dealkylation sites (tertiary alicyclic amines) is 1. The molecule has 1 saturated heterocycles. The minimum Gasteiger partial charge on any atom is -0.508 e. The normalized spacial score (nSPS) is 39.9. The van der Waals surface area contributed by atoms with Gasteiger partial charge in [0.15, 0.2) is 0 Å². The molecular weight excluding hydrogens is 340 g/mol. The van der Waals surface area contributed by atoms with Gasteiger partial charge in [0.2, 0.25) is 5.91 Å². The fourth-order valence-corrected chi connectivity index (χ4v) is 6.51. The van der Waals surface area contributed by atoms with Gasteiger partial charge in [-0.15, -0.1) is 0 Å². The number of hydrogen-bond donors (Lipinski definition) is 3. The number of phenols is 1. The van der Waals surface area contributed by atoms with E-state index < -0.39 is 11.0 Å². The van der Waals surface area contributed by atoms with Gasteiger partial charge in [0, 0.05) is 30.5 Å². The van der Waals surface area contributed by atoms with Crippen LogP contribution in [0.1, 0.15) is 43.2 Å². The number of carbonyl (C=O) groups is 1. The average molecular weight is 366 g/mol.